The van der Waals surface area contributed by atoms with Gasteiger partial charge in [-0.05, 0) is 46.2 Å². The van der Waals surface area contributed by atoms with Gasteiger partial charge in [0.1, 0.15) is 18.7 Å². The number of fused-ring (bicyclic) bond motifs is 1. The molecular formula is C31H30N2O4S. The van der Waals surface area contributed by atoms with E-state index >= 15 is 0 Å². The molecule has 0 radical (unpaired) electrons. The van der Waals surface area contributed by atoms with Gasteiger partial charge in [-0.2, -0.15) is 12.6 Å². The van der Waals surface area contributed by atoms with Crippen molar-refractivity contribution in [3.05, 3.63) is 120 Å². The van der Waals surface area contributed by atoms with Crippen molar-refractivity contribution in [2.24, 2.45) is 0 Å². The Morgan fingerprint density at radius 3 is 2.03 bits per heavy atom. The van der Waals surface area contributed by atoms with Gasteiger partial charge in [0, 0.05) is 12.0 Å². The van der Waals surface area contributed by atoms with E-state index in [2.05, 4.69) is 23.3 Å². The van der Waals surface area contributed by atoms with Gasteiger partial charge in [0.05, 0.1) is 0 Å². The van der Waals surface area contributed by atoms with Gasteiger partial charge < -0.3 is 15.4 Å². The Balaban J connectivity index is 1.48. The van der Waals surface area contributed by atoms with Crippen LogP contribution in [0.1, 0.15) is 27.9 Å². The van der Waals surface area contributed by atoms with E-state index in [-0.39, 0.29) is 18.9 Å². The number of nitrogens with one attached hydrogen (secondary N) is 2. The normalized spacial score (nSPS) is 12.3. The average molecular weight is 527 g/mol. The van der Waals surface area contributed by atoms with Gasteiger partial charge in [-0.25, -0.2) is 4.79 Å². The van der Waals surface area contributed by atoms with Crippen LogP contribution in [0, 0.1) is 0 Å². The van der Waals surface area contributed by atoms with Crippen LogP contribution in [-0.2, 0) is 27.4 Å². The standard InChI is InChI=1S/C31H30N2O4S/c34-29(26-16-15-24-13-7-8-14-25(24)20-26)33-28(19-22-9-3-1-4-10-22)30(35)32-27(17-18-38)31(36)37-21-23-11-5-2-6-12-23/h1-16,20,27-28,38H,17-19,21H2,(H,32,35)(H,33,34)/t27-,28-/m0/s1. The van der Waals surface area contributed by atoms with Crippen molar-refractivity contribution in [3.8, 4) is 0 Å². The molecule has 4 aromatic carbocycles. The van der Waals surface area contributed by atoms with Crippen LogP contribution in [0.4, 0.5) is 0 Å². The monoisotopic (exact) mass is 526 g/mol. The highest BCUT2D eigenvalue weighted by molar-refractivity contribution is 7.80. The van der Waals surface area contributed by atoms with Crippen LogP contribution < -0.4 is 10.6 Å². The number of benzene rings is 4. The molecule has 2 atom stereocenters. The Bertz CT molecular complexity index is 1380. The smallest absolute Gasteiger partial charge is 0.329 e. The Hall–Kier alpha value is -4.10. The zero-order valence-electron chi connectivity index (χ0n) is 20.9. The minimum absolute atomic E-state index is 0.102. The van der Waals surface area contributed by atoms with E-state index in [0.717, 1.165) is 21.9 Å². The van der Waals surface area contributed by atoms with Crippen LogP contribution in [-0.4, -0.2) is 35.6 Å². The third-order valence-electron chi connectivity index (χ3n) is 6.16. The van der Waals surface area contributed by atoms with Crippen molar-refractivity contribution in [3.63, 3.8) is 0 Å². The molecule has 0 spiro atoms. The predicted molar refractivity (Wildman–Crippen MR) is 152 cm³/mol. The summed E-state index contributed by atoms with van der Waals surface area (Å²) < 4.78 is 5.46. The summed E-state index contributed by atoms with van der Waals surface area (Å²) in [6, 6.07) is 30.1. The lowest BCUT2D eigenvalue weighted by molar-refractivity contribution is -0.149. The lowest BCUT2D eigenvalue weighted by Crippen LogP contribution is -2.52. The molecule has 7 heteroatoms. The molecule has 0 aliphatic rings. The summed E-state index contributed by atoms with van der Waals surface area (Å²) in [4.78, 5) is 39.5. The molecule has 4 aromatic rings. The molecule has 4 rings (SSSR count). The molecule has 0 fully saturated rings. The lowest BCUT2D eigenvalue weighted by atomic mass is 10.0. The van der Waals surface area contributed by atoms with Crippen LogP contribution in [0.2, 0.25) is 0 Å². The first kappa shape index (κ1) is 26.9. The summed E-state index contributed by atoms with van der Waals surface area (Å²) in [5, 5.41) is 7.60. The molecule has 0 aromatic heterocycles. The van der Waals surface area contributed by atoms with E-state index in [1.54, 1.807) is 12.1 Å². The Kier molecular flexibility index (Phi) is 9.54. The fraction of sp³-hybridized carbons (Fsp3) is 0.194. The Labute approximate surface area is 227 Å². The van der Waals surface area contributed by atoms with Crippen molar-refractivity contribution in [1.29, 1.82) is 0 Å². The first-order valence-electron chi connectivity index (χ1n) is 12.5. The van der Waals surface area contributed by atoms with E-state index in [9.17, 15) is 14.4 Å². The Morgan fingerprint density at radius 2 is 1.34 bits per heavy atom. The number of hydrogen-bond acceptors (Lipinski definition) is 5. The summed E-state index contributed by atoms with van der Waals surface area (Å²) in [7, 11) is 0. The Morgan fingerprint density at radius 1 is 0.711 bits per heavy atom. The number of esters is 1. The third-order valence-corrected chi connectivity index (χ3v) is 6.42. The maximum atomic E-state index is 13.4. The number of ether oxygens (including phenoxy) is 1. The van der Waals surface area contributed by atoms with E-state index in [1.807, 2.05) is 91.0 Å². The van der Waals surface area contributed by atoms with Crippen LogP contribution in [0.15, 0.2) is 103 Å². The first-order valence-corrected chi connectivity index (χ1v) is 13.1. The number of rotatable bonds is 11. The second-order valence-corrected chi connectivity index (χ2v) is 9.39. The van der Waals surface area contributed by atoms with Crippen molar-refractivity contribution in [2.75, 3.05) is 5.75 Å². The maximum Gasteiger partial charge on any atom is 0.329 e. The molecule has 2 N–H and O–H groups in total. The SMILES string of the molecule is O=C(N[C@@H](Cc1ccccc1)C(=O)N[C@@H](CCS)C(=O)OCc1ccccc1)c1ccc2ccccc2c1. The third kappa shape index (κ3) is 7.46. The fourth-order valence-corrected chi connectivity index (χ4v) is 4.37. The number of amides is 2. The average Bonchev–Trinajstić information content (AvgIpc) is 2.96. The number of thiol groups is 1. The molecule has 0 aliphatic carbocycles. The summed E-state index contributed by atoms with van der Waals surface area (Å²) in [5.41, 5.74) is 2.18. The van der Waals surface area contributed by atoms with Crippen LogP contribution >= 0.6 is 12.6 Å². The molecule has 0 saturated heterocycles. The minimum Gasteiger partial charge on any atom is -0.459 e. The molecule has 0 unspecified atom stereocenters. The number of carbonyl (C=O) groups excluding carboxylic acids is 3. The fourth-order valence-electron chi connectivity index (χ4n) is 4.11. The first-order chi connectivity index (χ1) is 18.5. The van der Waals surface area contributed by atoms with E-state index in [1.165, 1.54) is 0 Å². The molecule has 2 amide bonds. The lowest BCUT2D eigenvalue weighted by Gasteiger charge is -2.23. The van der Waals surface area contributed by atoms with Gasteiger partial charge in [0.15, 0.2) is 0 Å². The maximum absolute atomic E-state index is 13.4. The highest BCUT2D eigenvalue weighted by atomic mass is 32.1. The summed E-state index contributed by atoms with van der Waals surface area (Å²) in [6.45, 7) is 0.102. The zero-order valence-corrected chi connectivity index (χ0v) is 21.8. The van der Waals surface area contributed by atoms with Crippen molar-refractivity contribution in [2.45, 2.75) is 31.5 Å². The molecule has 194 valence electrons. The van der Waals surface area contributed by atoms with Crippen LogP contribution in [0.25, 0.3) is 10.8 Å². The van der Waals surface area contributed by atoms with E-state index in [0.29, 0.717) is 17.7 Å². The largest absolute Gasteiger partial charge is 0.459 e. The van der Waals surface area contributed by atoms with Crippen LogP contribution in [0.3, 0.4) is 0 Å². The van der Waals surface area contributed by atoms with Crippen molar-refractivity contribution in [1.82, 2.24) is 10.6 Å². The van der Waals surface area contributed by atoms with Gasteiger partial charge in [0.2, 0.25) is 5.91 Å². The second-order valence-electron chi connectivity index (χ2n) is 8.94. The van der Waals surface area contributed by atoms with E-state index in [4.69, 9.17) is 4.74 Å². The second kappa shape index (κ2) is 13.4. The van der Waals surface area contributed by atoms with Crippen molar-refractivity contribution >= 4 is 41.2 Å². The predicted octanol–water partition coefficient (Wildman–Crippen LogP) is 4.73. The quantitative estimate of drug-likeness (QED) is 0.195. The number of carbonyl (C=O) groups is 3. The molecule has 38 heavy (non-hydrogen) atoms. The highest BCUT2D eigenvalue weighted by Gasteiger charge is 2.28. The van der Waals surface area contributed by atoms with Gasteiger partial charge in [0.25, 0.3) is 5.91 Å². The van der Waals surface area contributed by atoms with Crippen LogP contribution in [0.5, 0.6) is 0 Å². The highest BCUT2D eigenvalue weighted by Crippen LogP contribution is 2.16. The van der Waals surface area contributed by atoms with Gasteiger partial charge in [-0.3, -0.25) is 9.59 Å². The minimum atomic E-state index is -0.902. The summed E-state index contributed by atoms with van der Waals surface area (Å²) in [5.74, 6) is -1.01. The van der Waals surface area contributed by atoms with Gasteiger partial charge in [-0.15, -0.1) is 0 Å². The summed E-state index contributed by atoms with van der Waals surface area (Å²) in [6.07, 6.45) is 0.553. The molecule has 6 nitrogen and oxygen atoms in total. The molecular weight excluding hydrogens is 496 g/mol. The number of hydrogen-bond donors (Lipinski definition) is 3. The molecule has 0 bridgehead atoms. The zero-order chi connectivity index (χ0) is 26.7. The molecule has 0 saturated carbocycles. The van der Waals surface area contributed by atoms with E-state index < -0.39 is 24.0 Å². The molecule has 0 aliphatic heterocycles. The van der Waals surface area contributed by atoms with Crippen molar-refractivity contribution < 1.29 is 19.1 Å². The molecule has 0 heterocycles. The van der Waals surface area contributed by atoms with Gasteiger partial charge >= 0.3 is 5.97 Å². The van der Waals surface area contributed by atoms with Gasteiger partial charge in [-0.1, -0.05) is 91.0 Å². The summed E-state index contributed by atoms with van der Waals surface area (Å²) >= 11 is 4.25. The topological polar surface area (TPSA) is 84.5 Å².